The molecule has 20 heavy (non-hydrogen) atoms. The standard InChI is InChI=1S/C13H11BrF2N2O2/c14-7-4-10(17-5-7)13(20)18-6-11(19)12-8(15)2-1-3-9(12)16/h1-5,11,17,19H,6H2,(H,18,20)/t11-/m1/s1. The fourth-order valence-corrected chi connectivity index (χ4v) is 2.06. The number of halogens is 3. The van der Waals surface area contributed by atoms with Gasteiger partial charge in [0.2, 0.25) is 0 Å². The molecule has 1 heterocycles. The zero-order valence-corrected chi connectivity index (χ0v) is 11.7. The number of carbonyl (C=O) groups excluding carboxylic acids is 1. The first-order chi connectivity index (χ1) is 9.49. The maximum Gasteiger partial charge on any atom is 0.267 e. The van der Waals surface area contributed by atoms with Crippen LogP contribution in [0.25, 0.3) is 0 Å². The van der Waals surface area contributed by atoms with E-state index in [0.29, 0.717) is 4.47 Å². The van der Waals surface area contributed by atoms with Crippen LogP contribution >= 0.6 is 15.9 Å². The lowest BCUT2D eigenvalue weighted by Crippen LogP contribution is -2.29. The highest BCUT2D eigenvalue weighted by Crippen LogP contribution is 2.20. The van der Waals surface area contributed by atoms with E-state index in [4.69, 9.17) is 0 Å². The van der Waals surface area contributed by atoms with E-state index in [1.165, 1.54) is 6.07 Å². The Labute approximate surface area is 121 Å². The second-order valence-corrected chi connectivity index (χ2v) is 5.01. The molecular weight excluding hydrogens is 334 g/mol. The Morgan fingerprint density at radius 3 is 2.60 bits per heavy atom. The van der Waals surface area contributed by atoms with Crippen LogP contribution in [0.1, 0.15) is 22.2 Å². The number of hydrogen-bond acceptors (Lipinski definition) is 2. The minimum atomic E-state index is -1.46. The third kappa shape index (κ3) is 3.23. The summed E-state index contributed by atoms with van der Waals surface area (Å²) in [5.74, 6) is -2.18. The molecule has 0 bridgehead atoms. The number of hydrogen-bond donors (Lipinski definition) is 3. The van der Waals surface area contributed by atoms with Gasteiger partial charge in [-0.15, -0.1) is 0 Å². The molecule has 106 valence electrons. The zero-order valence-electron chi connectivity index (χ0n) is 10.2. The molecule has 0 unspecified atom stereocenters. The zero-order chi connectivity index (χ0) is 14.7. The van der Waals surface area contributed by atoms with E-state index >= 15 is 0 Å². The summed E-state index contributed by atoms with van der Waals surface area (Å²) in [6.07, 6.45) is 0.112. The number of benzene rings is 1. The molecule has 0 fully saturated rings. The number of aliphatic hydroxyl groups is 1. The van der Waals surface area contributed by atoms with E-state index in [2.05, 4.69) is 26.2 Å². The van der Waals surface area contributed by atoms with Crippen molar-refractivity contribution in [3.63, 3.8) is 0 Å². The average Bonchev–Trinajstić information content (AvgIpc) is 2.82. The number of nitrogens with one attached hydrogen (secondary N) is 2. The van der Waals surface area contributed by atoms with Crippen LogP contribution in [0.4, 0.5) is 8.78 Å². The molecule has 2 aromatic rings. The summed E-state index contributed by atoms with van der Waals surface area (Å²) in [5, 5.41) is 12.2. The van der Waals surface area contributed by atoms with Crippen LogP contribution in [-0.2, 0) is 0 Å². The fourth-order valence-electron chi connectivity index (χ4n) is 1.71. The molecule has 0 aliphatic carbocycles. The van der Waals surface area contributed by atoms with Gasteiger partial charge in [0.25, 0.3) is 5.91 Å². The minimum absolute atomic E-state index is 0.276. The van der Waals surface area contributed by atoms with Crippen LogP contribution in [0.2, 0.25) is 0 Å². The molecule has 0 aliphatic rings. The molecule has 1 aromatic carbocycles. The van der Waals surface area contributed by atoms with E-state index < -0.39 is 29.2 Å². The van der Waals surface area contributed by atoms with Gasteiger partial charge in [-0.3, -0.25) is 4.79 Å². The molecule has 0 saturated carbocycles. The number of aromatic amines is 1. The van der Waals surface area contributed by atoms with Crippen LogP contribution in [0.15, 0.2) is 34.9 Å². The van der Waals surface area contributed by atoms with E-state index in [0.717, 1.165) is 12.1 Å². The van der Waals surface area contributed by atoms with Crippen LogP contribution in [0.3, 0.4) is 0 Å². The molecule has 1 atom stereocenters. The Morgan fingerprint density at radius 1 is 1.40 bits per heavy atom. The highest BCUT2D eigenvalue weighted by molar-refractivity contribution is 9.10. The maximum absolute atomic E-state index is 13.4. The van der Waals surface area contributed by atoms with Gasteiger partial charge < -0.3 is 15.4 Å². The van der Waals surface area contributed by atoms with Crippen LogP contribution in [0, 0.1) is 11.6 Å². The maximum atomic E-state index is 13.4. The van der Waals surface area contributed by atoms with Gasteiger partial charge in [0.1, 0.15) is 23.4 Å². The highest BCUT2D eigenvalue weighted by atomic mass is 79.9. The highest BCUT2D eigenvalue weighted by Gasteiger charge is 2.19. The molecule has 7 heteroatoms. The first-order valence-corrected chi connectivity index (χ1v) is 6.52. The van der Waals surface area contributed by atoms with Crippen molar-refractivity contribution in [1.82, 2.24) is 10.3 Å². The molecule has 3 N–H and O–H groups in total. The monoisotopic (exact) mass is 344 g/mol. The first-order valence-electron chi connectivity index (χ1n) is 5.73. The second-order valence-electron chi connectivity index (χ2n) is 4.09. The van der Waals surface area contributed by atoms with E-state index in [1.54, 1.807) is 12.3 Å². The Balaban J connectivity index is 2.02. The van der Waals surface area contributed by atoms with Gasteiger partial charge in [0.05, 0.1) is 5.56 Å². The number of rotatable bonds is 4. The van der Waals surface area contributed by atoms with Crippen molar-refractivity contribution in [2.24, 2.45) is 0 Å². The van der Waals surface area contributed by atoms with Crippen molar-refractivity contribution in [3.8, 4) is 0 Å². The summed E-state index contributed by atoms with van der Waals surface area (Å²) in [7, 11) is 0. The van der Waals surface area contributed by atoms with E-state index in [-0.39, 0.29) is 12.2 Å². The smallest absolute Gasteiger partial charge is 0.267 e. The summed E-state index contributed by atoms with van der Waals surface area (Å²) < 4.78 is 27.6. The largest absolute Gasteiger partial charge is 0.386 e. The van der Waals surface area contributed by atoms with Gasteiger partial charge in [0.15, 0.2) is 0 Å². The van der Waals surface area contributed by atoms with Crippen molar-refractivity contribution in [2.45, 2.75) is 6.10 Å². The van der Waals surface area contributed by atoms with Crippen LogP contribution < -0.4 is 5.32 Å². The molecule has 2 rings (SSSR count). The molecule has 1 amide bonds. The quantitative estimate of drug-likeness (QED) is 0.797. The summed E-state index contributed by atoms with van der Waals surface area (Å²) in [4.78, 5) is 14.4. The Morgan fingerprint density at radius 2 is 2.05 bits per heavy atom. The lowest BCUT2D eigenvalue weighted by Gasteiger charge is -2.13. The normalized spacial score (nSPS) is 12.2. The number of H-pyrrole nitrogens is 1. The summed E-state index contributed by atoms with van der Waals surface area (Å²) in [6.45, 7) is -0.298. The van der Waals surface area contributed by atoms with Crippen molar-refractivity contribution < 1.29 is 18.7 Å². The van der Waals surface area contributed by atoms with Crippen molar-refractivity contribution in [3.05, 3.63) is 57.8 Å². The molecule has 0 spiro atoms. The molecule has 0 aliphatic heterocycles. The summed E-state index contributed by atoms with van der Waals surface area (Å²) in [6, 6.07) is 4.85. The molecular formula is C13H11BrF2N2O2. The van der Waals surface area contributed by atoms with Gasteiger partial charge in [0, 0.05) is 17.2 Å². The van der Waals surface area contributed by atoms with E-state index in [9.17, 15) is 18.7 Å². The number of aromatic nitrogens is 1. The summed E-state index contributed by atoms with van der Waals surface area (Å²) in [5.41, 5.74) is -0.182. The lowest BCUT2D eigenvalue weighted by atomic mass is 10.1. The predicted octanol–water partition coefficient (Wildman–Crippen LogP) is 2.52. The first kappa shape index (κ1) is 14.7. The lowest BCUT2D eigenvalue weighted by molar-refractivity contribution is 0.0907. The van der Waals surface area contributed by atoms with Gasteiger partial charge in [-0.25, -0.2) is 8.78 Å². The Kier molecular flexibility index (Phi) is 4.51. The molecule has 0 saturated heterocycles. The van der Waals surface area contributed by atoms with Crippen LogP contribution in [0.5, 0.6) is 0 Å². The minimum Gasteiger partial charge on any atom is -0.386 e. The molecule has 4 nitrogen and oxygen atoms in total. The van der Waals surface area contributed by atoms with Gasteiger partial charge in [-0.05, 0) is 34.1 Å². The Hall–Kier alpha value is -1.73. The SMILES string of the molecule is O=C(NC[C@@H](O)c1c(F)cccc1F)c1cc(Br)c[nH]1. The summed E-state index contributed by atoms with van der Waals surface area (Å²) >= 11 is 3.18. The third-order valence-corrected chi connectivity index (χ3v) is 3.14. The van der Waals surface area contributed by atoms with Gasteiger partial charge in [-0.1, -0.05) is 6.07 Å². The van der Waals surface area contributed by atoms with Crippen LogP contribution in [-0.4, -0.2) is 22.5 Å². The Bertz CT molecular complexity index is 610. The number of carbonyl (C=O) groups is 1. The van der Waals surface area contributed by atoms with E-state index in [1.807, 2.05) is 0 Å². The third-order valence-electron chi connectivity index (χ3n) is 2.68. The number of aliphatic hydroxyl groups excluding tert-OH is 1. The molecule has 1 aromatic heterocycles. The van der Waals surface area contributed by atoms with Crippen molar-refractivity contribution in [1.29, 1.82) is 0 Å². The second kappa shape index (κ2) is 6.15. The van der Waals surface area contributed by atoms with Gasteiger partial charge in [-0.2, -0.15) is 0 Å². The van der Waals surface area contributed by atoms with Crippen molar-refractivity contribution >= 4 is 21.8 Å². The molecule has 0 radical (unpaired) electrons. The number of amides is 1. The predicted molar refractivity (Wildman–Crippen MR) is 72.1 cm³/mol. The van der Waals surface area contributed by atoms with Gasteiger partial charge >= 0.3 is 0 Å². The average molecular weight is 345 g/mol. The van der Waals surface area contributed by atoms with Crippen molar-refractivity contribution in [2.75, 3.05) is 6.54 Å². The topological polar surface area (TPSA) is 65.1 Å². The fraction of sp³-hybridized carbons (Fsp3) is 0.154.